The minimum atomic E-state index is -0.720. The highest BCUT2D eigenvalue weighted by molar-refractivity contribution is 5.24. The van der Waals surface area contributed by atoms with Gasteiger partial charge in [0, 0.05) is 6.42 Å². The Morgan fingerprint density at radius 3 is 2.92 bits per heavy atom. The molecule has 0 heterocycles. The van der Waals surface area contributed by atoms with Crippen LogP contribution in [-0.4, -0.2) is 10.7 Å². The lowest BCUT2D eigenvalue weighted by Gasteiger charge is -2.20. The van der Waals surface area contributed by atoms with Crippen LogP contribution in [0.3, 0.4) is 0 Å². The lowest BCUT2D eigenvalue weighted by molar-refractivity contribution is 0.144. The largest absolute Gasteiger partial charge is 0.381 e. The van der Waals surface area contributed by atoms with Crippen molar-refractivity contribution in [3.05, 3.63) is 36.5 Å². The van der Waals surface area contributed by atoms with Gasteiger partial charge in [-0.15, -0.1) is 0 Å². The molecule has 72 valence electrons. The SMILES string of the molecule is CCCCC=CC1(O)C=CC=CC1. The first-order valence-corrected chi connectivity index (χ1v) is 5.01. The van der Waals surface area contributed by atoms with Crippen LogP contribution in [0.15, 0.2) is 36.5 Å². The molecule has 0 saturated heterocycles. The van der Waals surface area contributed by atoms with E-state index >= 15 is 0 Å². The van der Waals surface area contributed by atoms with Crippen LogP contribution in [0, 0.1) is 0 Å². The van der Waals surface area contributed by atoms with Crippen LogP contribution in [0.4, 0.5) is 0 Å². The van der Waals surface area contributed by atoms with Crippen LogP contribution < -0.4 is 0 Å². The van der Waals surface area contributed by atoms with E-state index in [4.69, 9.17) is 0 Å². The molecule has 1 atom stereocenters. The van der Waals surface area contributed by atoms with E-state index in [9.17, 15) is 5.11 Å². The summed E-state index contributed by atoms with van der Waals surface area (Å²) in [5.41, 5.74) is -0.720. The van der Waals surface area contributed by atoms with Gasteiger partial charge in [0.25, 0.3) is 0 Å². The summed E-state index contributed by atoms with van der Waals surface area (Å²) in [7, 11) is 0. The highest BCUT2D eigenvalue weighted by atomic mass is 16.3. The number of hydrogen-bond acceptors (Lipinski definition) is 1. The second kappa shape index (κ2) is 5.03. The zero-order valence-corrected chi connectivity index (χ0v) is 8.24. The molecule has 0 bridgehead atoms. The third kappa shape index (κ3) is 3.60. The van der Waals surface area contributed by atoms with Gasteiger partial charge in [-0.25, -0.2) is 0 Å². The number of aliphatic hydroxyl groups is 1. The van der Waals surface area contributed by atoms with E-state index < -0.39 is 5.60 Å². The molecule has 0 fully saturated rings. The Morgan fingerprint density at radius 1 is 1.46 bits per heavy atom. The molecular formula is C12H18O. The van der Waals surface area contributed by atoms with Crippen LogP contribution in [0.1, 0.15) is 32.6 Å². The molecule has 0 aliphatic heterocycles. The van der Waals surface area contributed by atoms with E-state index in [1.54, 1.807) is 0 Å². The van der Waals surface area contributed by atoms with E-state index in [1.165, 1.54) is 12.8 Å². The average molecular weight is 178 g/mol. The standard InChI is InChI=1S/C12H18O/c1-2-3-4-6-9-12(13)10-7-5-8-11-12/h5-10,13H,2-4,11H2,1H3. The highest BCUT2D eigenvalue weighted by Crippen LogP contribution is 2.19. The molecule has 1 aliphatic carbocycles. The second-order valence-electron chi connectivity index (χ2n) is 3.53. The Hall–Kier alpha value is -0.820. The minimum Gasteiger partial charge on any atom is -0.381 e. The first-order chi connectivity index (χ1) is 6.27. The van der Waals surface area contributed by atoms with Crippen molar-refractivity contribution in [2.24, 2.45) is 0 Å². The first-order valence-electron chi connectivity index (χ1n) is 5.01. The Labute approximate surface area is 80.5 Å². The zero-order chi connectivity index (χ0) is 9.57. The van der Waals surface area contributed by atoms with E-state index in [1.807, 2.05) is 30.4 Å². The number of unbranched alkanes of at least 4 members (excludes halogenated alkanes) is 2. The molecule has 1 nitrogen and oxygen atoms in total. The normalized spacial score (nSPS) is 27.2. The van der Waals surface area contributed by atoms with Gasteiger partial charge in [-0.1, -0.05) is 50.1 Å². The van der Waals surface area contributed by atoms with Crippen molar-refractivity contribution in [3.63, 3.8) is 0 Å². The lowest BCUT2D eigenvalue weighted by atomic mass is 9.94. The van der Waals surface area contributed by atoms with Gasteiger partial charge in [0.1, 0.15) is 5.60 Å². The van der Waals surface area contributed by atoms with E-state index in [-0.39, 0.29) is 0 Å². The van der Waals surface area contributed by atoms with Gasteiger partial charge in [-0.2, -0.15) is 0 Å². The monoisotopic (exact) mass is 178 g/mol. The van der Waals surface area contributed by atoms with Crippen LogP contribution in [-0.2, 0) is 0 Å². The fraction of sp³-hybridized carbons (Fsp3) is 0.500. The van der Waals surface area contributed by atoms with Crippen LogP contribution >= 0.6 is 0 Å². The molecule has 1 rings (SSSR count). The van der Waals surface area contributed by atoms with E-state index in [0.717, 1.165) is 6.42 Å². The molecule has 1 aliphatic rings. The molecule has 0 saturated carbocycles. The second-order valence-corrected chi connectivity index (χ2v) is 3.53. The number of allylic oxidation sites excluding steroid dienone is 3. The predicted molar refractivity (Wildman–Crippen MR) is 56.5 cm³/mol. The van der Waals surface area contributed by atoms with E-state index in [2.05, 4.69) is 13.0 Å². The lowest BCUT2D eigenvalue weighted by Crippen LogP contribution is -2.22. The third-order valence-electron chi connectivity index (χ3n) is 2.21. The molecule has 0 spiro atoms. The van der Waals surface area contributed by atoms with E-state index in [0.29, 0.717) is 6.42 Å². The predicted octanol–water partition coefficient (Wildman–Crippen LogP) is 2.98. The third-order valence-corrected chi connectivity index (χ3v) is 2.21. The van der Waals surface area contributed by atoms with Crippen LogP contribution in [0.2, 0.25) is 0 Å². The van der Waals surface area contributed by atoms with Crippen LogP contribution in [0.5, 0.6) is 0 Å². The number of hydrogen-bond donors (Lipinski definition) is 1. The fourth-order valence-electron chi connectivity index (χ4n) is 1.36. The summed E-state index contributed by atoms with van der Waals surface area (Å²) in [6.07, 6.45) is 15.9. The van der Waals surface area contributed by atoms with Crippen LogP contribution in [0.25, 0.3) is 0 Å². The molecule has 0 radical (unpaired) electrons. The maximum absolute atomic E-state index is 9.95. The van der Waals surface area contributed by atoms with Crippen molar-refractivity contribution in [1.82, 2.24) is 0 Å². The maximum atomic E-state index is 9.95. The Morgan fingerprint density at radius 2 is 2.31 bits per heavy atom. The maximum Gasteiger partial charge on any atom is 0.105 e. The van der Waals surface area contributed by atoms with Gasteiger partial charge in [0.05, 0.1) is 0 Å². The van der Waals surface area contributed by atoms with Gasteiger partial charge in [0.2, 0.25) is 0 Å². The summed E-state index contributed by atoms with van der Waals surface area (Å²) in [5.74, 6) is 0. The molecule has 13 heavy (non-hydrogen) atoms. The summed E-state index contributed by atoms with van der Waals surface area (Å²) < 4.78 is 0. The Bertz CT molecular complexity index is 225. The molecule has 0 aromatic carbocycles. The molecular weight excluding hydrogens is 160 g/mol. The van der Waals surface area contributed by atoms with Crippen molar-refractivity contribution < 1.29 is 5.11 Å². The Kier molecular flexibility index (Phi) is 3.97. The zero-order valence-electron chi connectivity index (χ0n) is 8.24. The van der Waals surface area contributed by atoms with Gasteiger partial charge >= 0.3 is 0 Å². The average Bonchev–Trinajstić information content (AvgIpc) is 2.14. The van der Waals surface area contributed by atoms with Crippen molar-refractivity contribution in [2.45, 2.75) is 38.2 Å². The summed E-state index contributed by atoms with van der Waals surface area (Å²) in [6.45, 7) is 2.17. The molecule has 0 aromatic heterocycles. The quantitative estimate of drug-likeness (QED) is 0.518. The summed E-state index contributed by atoms with van der Waals surface area (Å²) in [4.78, 5) is 0. The summed E-state index contributed by atoms with van der Waals surface area (Å²) in [6, 6.07) is 0. The first kappa shape index (κ1) is 10.3. The molecule has 1 N–H and O–H groups in total. The summed E-state index contributed by atoms with van der Waals surface area (Å²) >= 11 is 0. The number of rotatable bonds is 4. The van der Waals surface area contributed by atoms with Gasteiger partial charge in [-0.3, -0.25) is 0 Å². The smallest absolute Gasteiger partial charge is 0.105 e. The minimum absolute atomic E-state index is 0.701. The van der Waals surface area contributed by atoms with Gasteiger partial charge < -0.3 is 5.11 Å². The molecule has 0 aromatic rings. The van der Waals surface area contributed by atoms with Crippen molar-refractivity contribution in [1.29, 1.82) is 0 Å². The summed E-state index contributed by atoms with van der Waals surface area (Å²) in [5, 5.41) is 9.95. The molecule has 0 amide bonds. The molecule has 1 heteroatoms. The van der Waals surface area contributed by atoms with Crippen molar-refractivity contribution >= 4 is 0 Å². The molecule has 1 unspecified atom stereocenters. The highest BCUT2D eigenvalue weighted by Gasteiger charge is 2.18. The van der Waals surface area contributed by atoms with Gasteiger partial charge in [0.15, 0.2) is 0 Å². The van der Waals surface area contributed by atoms with Crippen molar-refractivity contribution in [3.8, 4) is 0 Å². The fourth-order valence-corrected chi connectivity index (χ4v) is 1.36. The van der Waals surface area contributed by atoms with Crippen molar-refractivity contribution in [2.75, 3.05) is 0 Å². The Balaban J connectivity index is 2.38. The van der Waals surface area contributed by atoms with Gasteiger partial charge in [-0.05, 0) is 12.5 Å². The topological polar surface area (TPSA) is 20.2 Å².